The van der Waals surface area contributed by atoms with E-state index in [1.54, 1.807) is 6.07 Å². The van der Waals surface area contributed by atoms with Crippen LogP contribution in [0.4, 0.5) is 5.69 Å². The Labute approximate surface area is 178 Å². The molecule has 1 heterocycles. The summed E-state index contributed by atoms with van der Waals surface area (Å²) >= 11 is 0. The van der Waals surface area contributed by atoms with E-state index in [1.807, 2.05) is 26.0 Å². The number of nitrogens with zero attached hydrogens (tertiary/aromatic N) is 1. The second kappa shape index (κ2) is 10.1. The SMILES string of the molecule is Cc1cccc(NS(=O)(=O)c2ccc(C(=O)NCCCN3CCOCC3)cc2)c1C. The van der Waals surface area contributed by atoms with Crippen LogP contribution in [0.2, 0.25) is 0 Å². The minimum absolute atomic E-state index is 0.118. The molecule has 2 aromatic rings. The van der Waals surface area contributed by atoms with Gasteiger partial charge in [-0.25, -0.2) is 8.42 Å². The number of carbonyl (C=O) groups excluding carboxylic acids is 1. The third-order valence-corrected chi connectivity index (χ3v) is 6.70. The van der Waals surface area contributed by atoms with E-state index < -0.39 is 10.0 Å². The lowest BCUT2D eigenvalue weighted by molar-refractivity contribution is 0.0374. The van der Waals surface area contributed by atoms with Gasteiger partial charge in [-0.3, -0.25) is 14.4 Å². The summed E-state index contributed by atoms with van der Waals surface area (Å²) in [6, 6.07) is 11.5. The molecule has 0 saturated carbocycles. The first kappa shape index (κ1) is 22.3. The monoisotopic (exact) mass is 431 g/mol. The molecule has 7 nitrogen and oxygen atoms in total. The average Bonchev–Trinajstić information content (AvgIpc) is 2.75. The second-order valence-electron chi connectivity index (χ2n) is 7.44. The summed E-state index contributed by atoms with van der Waals surface area (Å²) in [5.41, 5.74) is 2.88. The van der Waals surface area contributed by atoms with Crippen LogP contribution < -0.4 is 10.0 Å². The molecular weight excluding hydrogens is 402 g/mol. The number of sulfonamides is 1. The van der Waals surface area contributed by atoms with Gasteiger partial charge in [0.15, 0.2) is 0 Å². The molecule has 0 radical (unpaired) electrons. The van der Waals surface area contributed by atoms with Crippen molar-refractivity contribution in [2.75, 3.05) is 44.1 Å². The molecule has 0 aromatic heterocycles. The van der Waals surface area contributed by atoms with Crippen LogP contribution in [0.3, 0.4) is 0 Å². The van der Waals surface area contributed by atoms with Gasteiger partial charge in [-0.15, -0.1) is 0 Å². The lowest BCUT2D eigenvalue weighted by Gasteiger charge is -2.26. The van der Waals surface area contributed by atoms with E-state index in [9.17, 15) is 13.2 Å². The van der Waals surface area contributed by atoms with Crippen molar-refractivity contribution in [3.63, 3.8) is 0 Å². The van der Waals surface area contributed by atoms with Crippen LogP contribution in [-0.2, 0) is 14.8 Å². The Morgan fingerprint density at radius 3 is 2.47 bits per heavy atom. The highest BCUT2D eigenvalue weighted by Gasteiger charge is 2.17. The van der Waals surface area contributed by atoms with Crippen LogP contribution in [0.1, 0.15) is 27.9 Å². The third kappa shape index (κ3) is 5.81. The number of ether oxygens (including phenoxy) is 1. The molecule has 1 fully saturated rings. The van der Waals surface area contributed by atoms with E-state index in [1.165, 1.54) is 24.3 Å². The highest BCUT2D eigenvalue weighted by atomic mass is 32.2. The van der Waals surface area contributed by atoms with Crippen molar-refractivity contribution in [3.8, 4) is 0 Å². The molecule has 2 aromatic carbocycles. The molecule has 3 rings (SSSR count). The second-order valence-corrected chi connectivity index (χ2v) is 9.12. The summed E-state index contributed by atoms with van der Waals surface area (Å²) in [6.45, 7) is 8.69. The Kier molecular flexibility index (Phi) is 7.47. The van der Waals surface area contributed by atoms with Crippen LogP contribution >= 0.6 is 0 Å². The lowest BCUT2D eigenvalue weighted by Crippen LogP contribution is -2.38. The van der Waals surface area contributed by atoms with E-state index >= 15 is 0 Å². The zero-order valence-corrected chi connectivity index (χ0v) is 18.3. The summed E-state index contributed by atoms with van der Waals surface area (Å²) in [6.07, 6.45) is 0.859. The van der Waals surface area contributed by atoms with Crippen molar-refractivity contribution in [2.45, 2.75) is 25.2 Å². The van der Waals surface area contributed by atoms with Crippen molar-refractivity contribution in [3.05, 3.63) is 59.2 Å². The number of anilines is 1. The van der Waals surface area contributed by atoms with E-state index in [-0.39, 0.29) is 10.8 Å². The quantitative estimate of drug-likeness (QED) is 0.627. The number of nitrogens with one attached hydrogen (secondary N) is 2. The maximum atomic E-state index is 12.7. The predicted molar refractivity (Wildman–Crippen MR) is 117 cm³/mol. The molecule has 1 saturated heterocycles. The van der Waals surface area contributed by atoms with Gasteiger partial charge in [0.05, 0.1) is 23.8 Å². The molecule has 30 heavy (non-hydrogen) atoms. The van der Waals surface area contributed by atoms with Crippen molar-refractivity contribution >= 4 is 21.6 Å². The summed E-state index contributed by atoms with van der Waals surface area (Å²) in [5.74, 6) is -0.205. The van der Waals surface area contributed by atoms with Gasteiger partial charge in [-0.2, -0.15) is 0 Å². The van der Waals surface area contributed by atoms with Crippen molar-refractivity contribution in [2.24, 2.45) is 0 Å². The fourth-order valence-electron chi connectivity index (χ4n) is 3.28. The Morgan fingerprint density at radius 2 is 1.77 bits per heavy atom. The highest BCUT2D eigenvalue weighted by molar-refractivity contribution is 7.92. The largest absolute Gasteiger partial charge is 0.379 e. The Balaban J connectivity index is 1.54. The first-order valence-corrected chi connectivity index (χ1v) is 11.6. The number of carbonyl (C=O) groups is 1. The molecule has 1 aliphatic rings. The molecule has 0 aliphatic carbocycles. The first-order chi connectivity index (χ1) is 14.4. The van der Waals surface area contributed by atoms with Crippen LogP contribution in [0.5, 0.6) is 0 Å². The van der Waals surface area contributed by atoms with Crippen molar-refractivity contribution in [1.82, 2.24) is 10.2 Å². The molecule has 1 aliphatic heterocycles. The van der Waals surface area contributed by atoms with E-state index in [2.05, 4.69) is 14.9 Å². The van der Waals surface area contributed by atoms with Crippen molar-refractivity contribution in [1.29, 1.82) is 0 Å². The van der Waals surface area contributed by atoms with Gasteiger partial charge >= 0.3 is 0 Å². The van der Waals surface area contributed by atoms with Crippen LogP contribution in [0.15, 0.2) is 47.4 Å². The summed E-state index contributed by atoms with van der Waals surface area (Å²) in [5, 5.41) is 2.89. The first-order valence-electron chi connectivity index (χ1n) is 10.1. The molecule has 162 valence electrons. The fraction of sp³-hybridized carbons (Fsp3) is 0.409. The third-order valence-electron chi connectivity index (χ3n) is 5.32. The minimum atomic E-state index is -3.73. The molecule has 1 amide bonds. The Morgan fingerprint density at radius 1 is 1.07 bits per heavy atom. The highest BCUT2D eigenvalue weighted by Crippen LogP contribution is 2.22. The van der Waals surface area contributed by atoms with Gasteiger partial charge in [-0.1, -0.05) is 12.1 Å². The maximum absolute atomic E-state index is 12.7. The number of amides is 1. The number of hydrogen-bond acceptors (Lipinski definition) is 5. The zero-order chi connectivity index (χ0) is 21.6. The molecule has 8 heteroatoms. The predicted octanol–water partition coefficient (Wildman–Crippen LogP) is 2.56. The van der Waals surface area contributed by atoms with E-state index in [0.29, 0.717) is 17.8 Å². The van der Waals surface area contributed by atoms with E-state index in [0.717, 1.165) is 50.4 Å². The number of benzene rings is 2. The fourth-order valence-corrected chi connectivity index (χ4v) is 4.41. The summed E-state index contributed by atoms with van der Waals surface area (Å²) < 4.78 is 33.3. The van der Waals surface area contributed by atoms with Crippen LogP contribution in [0, 0.1) is 13.8 Å². The normalized spacial score (nSPS) is 15.0. The molecule has 2 N–H and O–H groups in total. The molecular formula is C22H29N3O4S. The number of rotatable bonds is 8. The number of morpholine rings is 1. The van der Waals surface area contributed by atoms with E-state index in [4.69, 9.17) is 4.74 Å². The minimum Gasteiger partial charge on any atom is -0.379 e. The zero-order valence-electron chi connectivity index (χ0n) is 17.5. The van der Waals surface area contributed by atoms with Crippen LogP contribution in [-0.4, -0.2) is 58.6 Å². The Bertz CT molecular complexity index is 968. The van der Waals surface area contributed by atoms with Gasteiger partial charge in [0.2, 0.25) is 0 Å². The number of hydrogen-bond donors (Lipinski definition) is 2. The van der Waals surface area contributed by atoms with Crippen molar-refractivity contribution < 1.29 is 17.9 Å². The summed E-state index contributed by atoms with van der Waals surface area (Å²) in [7, 11) is -3.73. The molecule has 0 spiro atoms. The van der Waals surface area contributed by atoms with Gasteiger partial charge < -0.3 is 10.1 Å². The van der Waals surface area contributed by atoms with Gasteiger partial charge in [0, 0.05) is 25.2 Å². The molecule has 0 atom stereocenters. The molecule has 0 bridgehead atoms. The lowest BCUT2D eigenvalue weighted by atomic mass is 10.1. The van der Waals surface area contributed by atoms with Crippen LogP contribution in [0.25, 0.3) is 0 Å². The topological polar surface area (TPSA) is 87.7 Å². The summed E-state index contributed by atoms with van der Waals surface area (Å²) in [4.78, 5) is 14.8. The average molecular weight is 432 g/mol. The smallest absolute Gasteiger partial charge is 0.261 e. The van der Waals surface area contributed by atoms with Gasteiger partial charge in [-0.05, 0) is 68.3 Å². The number of aryl methyl sites for hydroxylation is 1. The van der Waals surface area contributed by atoms with Gasteiger partial charge in [0.1, 0.15) is 0 Å². The Hall–Kier alpha value is -2.42. The molecule has 0 unspecified atom stereocenters. The maximum Gasteiger partial charge on any atom is 0.261 e. The standard InChI is InChI=1S/C22H29N3O4S/c1-17-5-3-6-21(18(17)2)24-30(27,28)20-9-7-19(8-10-20)22(26)23-11-4-12-25-13-15-29-16-14-25/h3,5-10,24H,4,11-16H2,1-2H3,(H,23,26). The van der Waals surface area contributed by atoms with Gasteiger partial charge in [0.25, 0.3) is 15.9 Å².